The maximum absolute atomic E-state index is 10.4. The van der Waals surface area contributed by atoms with Gasteiger partial charge in [0, 0.05) is 5.75 Å². The molecular formula is C12H19NOS2. The first kappa shape index (κ1) is 15.4. The van der Waals surface area contributed by atoms with Crippen molar-refractivity contribution < 1.29 is 9.28 Å². The lowest BCUT2D eigenvalue weighted by molar-refractivity contribution is -0.849. The van der Waals surface area contributed by atoms with E-state index in [1.54, 1.807) is 0 Å². The number of carbonyl (C=O) groups is 1. The molecule has 0 radical (unpaired) electrons. The quantitative estimate of drug-likeness (QED) is 0.599. The predicted molar refractivity (Wildman–Crippen MR) is 74.5 cm³/mol. The fourth-order valence-corrected chi connectivity index (χ4v) is 1.37. The molecule has 0 amide bonds. The van der Waals surface area contributed by atoms with Crippen LogP contribution in [-0.4, -0.2) is 37.1 Å². The predicted octanol–water partition coefficient (Wildman–Crippen LogP) is 2.91. The summed E-state index contributed by atoms with van der Waals surface area (Å²) in [7, 11) is 8.50. The van der Waals surface area contributed by atoms with Crippen LogP contribution < -0.4 is 0 Å². The second-order valence-electron chi connectivity index (χ2n) is 4.71. The fraction of sp³-hybridized carbons (Fsp3) is 0.417. The van der Waals surface area contributed by atoms with Crippen LogP contribution in [0.15, 0.2) is 30.3 Å². The Morgan fingerprint density at radius 2 is 1.62 bits per heavy atom. The van der Waals surface area contributed by atoms with Crippen LogP contribution in [0.4, 0.5) is 4.79 Å². The van der Waals surface area contributed by atoms with Crippen molar-refractivity contribution in [3.63, 3.8) is 0 Å². The van der Waals surface area contributed by atoms with E-state index in [9.17, 15) is 4.79 Å². The first-order valence-corrected chi connectivity index (χ1v) is 6.35. The summed E-state index contributed by atoms with van der Waals surface area (Å²) in [5.41, 5.74) is 1.13. The Morgan fingerprint density at radius 3 is 2.00 bits per heavy atom. The van der Waals surface area contributed by atoms with Gasteiger partial charge in [0.2, 0.25) is 0 Å². The largest absolute Gasteiger partial charge is 0.730 e. The monoisotopic (exact) mass is 257 g/mol. The Labute approximate surface area is 108 Å². The van der Waals surface area contributed by atoms with Gasteiger partial charge >= 0.3 is 0 Å². The van der Waals surface area contributed by atoms with Gasteiger partial charge in [-0.25, -0.2) is 0 Å². The number of thioether (sulfide) groups is 1. The minimum Gasteiger partial charge on any atom is -0.730 e. The van der Waals surface area contributed by atoms with Crippen LogP contribution in [-0.2, 0) is 18.4 Å². The molecule has 0 aliphatic heterocycles. The standard InChI is InChI=1S/C8H8OS2.C4H12N/c9-8(10)11-6-7-4-2-1-3-5-7;1-5(2,3)4/h1-5H,6H2,(H,9,10);1-4H3/q;+1/p-1. The molecule has 1 rings (SSSR count). The van der Waals surface area contributed by atoms with Crippen LogP contribution in [0.25, 0.3) is 0 Å². The van der Waals surface area contributed by atoms with Gasteiger partial charge in [-0.3, -0.25) is 0 Å². The third-order valence-electron chi connectivity index (χ3n) is 1.20. The highest BCUT2D eigenvalue weighted by Gasteiger charge is 1.90. The van der Waals surface area contributed by atoms with E-state index in [1.807, 2.05) is 30.3 Å². The van der Waals surface area contributed by atoms with E-state index in [4.69, 9.17) is 0 Å². The van der Waals surface area contributed by atoms with E-state index in [0.29, 0.717) is 5.75 Å². The van der Waals surface area contributed by atoms with Gasteiger partial charge in [-0.2, -0.15) is 0 Å². The van der Waals surface area contributed by atoms with Crippen molar-refractivity contribution in [2.45, 2.75) is 5.75 Å². The first-order chi connectivity index (χ1) is 7.29. The van der Waals surface area contributed by atoms with Gasteiger partial charge in [-0.1, -0.05) is 30.3 Å². The lowest BCUT2D eigenvalue weighted by Gasteiger charge is -2.14. The molecule has 4 heteroatoms. The van der Waals surface area contributed by atoms with Crippen molar-refractivity contribution in [1.29, 1.82) is 0 Å². The molecule has 90 valence electrons. The number of quaternary nitrogens is 1. The minimum absolute atomic E-state index is 0.242. The maximum Gasteiger partial charge on any atom is 0.0688 e. The molecule has 0 saturated carbocycles. The van der Waals surface area contributed by atoms with Gasteiger partial charge in [0.05, 0.1) is 32.6 Å². The van der Waals surface area contributed by atoms with E-state index in [-0.39, 0.29) is 4.45 Å². The van der Waals surface area contributed by atoms with Crippen molar-refractivity contribution >= 4 is 28.8 Å². The van der Waals surface area contributed by atoms with Crippen LogP contribution in [0.3, 0.4) is 0 Å². The topological polar surface area (TPSA) is 17.1 Å². The molecule has 0 aliphatic carbocycles. The molecule has 0 atom stereocenters. The molecule has 0 aliphatic rings. The van der Waals surface area contributed by atoms with Crippen LogP contribution in [0, 0.1) is 0 Å². The number of rotatable bonds is 2. The summed E-state index contributed by atoms with van der Waals surface area (Å²) in [6.45, 7) is 0. The summed E-state index contributed by atoms with van der Waals surface area (Å²) >= 11 is 5.56. The zero-order valence-electron chi connectivity index (χ0n) is 10.3. The molecule has 1 aromatic carbocycles. The zero-order chi connectivity index (χ0) is 12.6. The van der Waals surface area contributed by atoms with Crippen molar-refractivity contribution in [2.75, 3.05) is 28.2 Å². The van der Waals surface area contributed by atoms with E-state index in [2.05, 4.69) is 40.8 Å². The summed E-state index contributed by atoms with van der Waals surface area (Å²) < 4.78 is 0.758. The molecule has 0 spiro atoms. The summed E-state index contributed by atoms with van der Waals surface area (Å²) in [5, 5.41) is 0. The van der Waals surface area contributed by atoms with Gasteiger partial charge in [-0.05, 0) is 5.56 Å². The van der Waals surface area contributed by atoms with Gasteiger partial charge < -0.3 is 21.9 Å². The third-order valence-corrected chi connectivity index (χ3v) is 2.27. The first-order valence-electron chi connectivity index (χ1n) is 4.95. The Morgan fingerprint density at radius 1 is 1.19 bits per heavy atom. The highest BCUT2D eigenvalue weighted by molar-refractivity contribution is 8.26. The van der Waals surface area contributed by atoms with Crippen LogP contribution in [0.5, 0.6) is 0 Å². The molecule has 0 aromatic heterocycles. The van der Waals surface area contributed by atoms with Crippen molar-refractivity contribution in [2.24, 2.45) is 0 Å². The summed E-state index contributed by atoms with van der Waals surface area (Å²) in [5.74, 6) is 0.684. The average Bonchev–Trinajstić information content (AvgIpc) is 2.14. The molecule has 0 bridgehead atoms. The molecule has 2 nitrogen and oxygen atoms in total. The number of hydrogen-bond donors (Lipinski definition) is 0. The van der Waals surface area contributed by atoms with Gasteiger partial charge in [-0.15, -0.1) is 11.8 Å². The summed E-state index contributed by atoms with van der Waals surface area (Å²) in [6.07, 6.45) is 0. The second-order valence-corrected chi connectivity index (χ2v) is 6.28. The Hall–Kier alpha value is -0.580. The molecular weight excluding hydrogens is 238 g/mol. The molecule has 0 N–H and O–H groups in total. The molecule has 0 saturated heterocycles. The number of carbonyl (C=O) groups excluding carboxylic acids is 1. The number of nitrogens with zero attached hydrogens (tertiary/aromatic N) is 1. The average molecular weight is 257 g/mol. The van der Waals surface area contributed by atoms with Crippen molar-refractivity contribution in [3.05, 3.63) is 35.9 Å². The van der Waals surface area contributed by atoms with Crippen molar-refractivity contribution in [1.82, 2.24) is 0 Å². The number of hydrogen-bond acceptors (Lipinski definition) is 3. The molecule has 16 heavy (non-hydrogen) atoms. The summed E-state index contributed by atoms with van der Waals surface area (Å²) in [4.78, 5) is 10.4. The van der Waals surface area contributed by atoms with Crippen LogP contribution in [0.1, 0.15) is 5.56 Å². The smallest absolute Gasteiger partial charge is 0.0688 e. The molecule has 1 aromatic rings. The van der Waals surface area contributed by atoms with E-state index in [1.165, 1.54) is 0 Å². The van der Waals surface area contributed by atoms with Gasteiger partial charge in [0.15, 0.2) is 0 Å². The highest BCUT2D eigenvalue weighted by atomic mass is 32.2. The van der Waals surface area contributed by atoms with Gasteiger partial charge in [0.1, 0.15) is 0 Å². The van der Waals surface area contributed by atoms with E-state index >= 15 is 0 Å². The Kier molecular flexibility index (Phi) is 7.38. The Balaban J connectivity index is 0.000000385. The molecule has 0 fully saturated rings. The number of benzene rings is 1. The third kappa shape index (κ3) is 13.4. The van der Waals surface area contributed by atoms with E-state index < -0.39 is 0 Å². The van der Waals surface area contributed by atoms with Crippen LogP contribution in [0.2, 0.25) is 0 Å². The zero-order valence-corrected chi connectivity index (χ0v) is 11.9. The Bertz CT molecular complexity index is 301. The molecule has 0 heterocycles. The normalized spacial score (nSPS) is 10.2. The van der Waals surface area contributed by atoms with Crippen LogP contribution >= 0.6 is 11.8 Å². The van der Waals surface area contributed by atoms with Crippen molar-refractivity contribution in [3.8, 4) is 0 Å². The fourth-order valence-electron chi connectivity index (χ4n) is 0.716. The minimum atomic E-state index is -0.242. The van der Waals surface area contributed by atoms with E-state index in [0.717, 1.165) is 21.8 Å². The highest BCUT2D eigenvalue weighted by Crippen LogP contribution is 2.11. The SMILES string of the molecule is C[N+](C)(C)C.O=C([S-])SCc1ccccc1. The molecule has 0 unspecified atom stereocenters. The maximum atomic E-state index is 10.4. The lowest BCUT2D eigenvalue weighted by Crippen LogP contribution is -2.27. The summed E-state index contributed by atoms with van der Waals surface area (Å²) in [6, 6.07) is 9.80. The van der Waals surface area contributed by atoms with Gasteiger partial charge in [0.25, 0.3) is 0 Å². The second kappa shape index (κ2) is 7.65. The lowest BCUT2D eigenvalue weighted by atomic mass is 10.2.